The highest BCUT2D eigenvalue weighted by molar-refractivity contribution is 5.62. The van der Waals surface area contributed by atoms with Crippen LogP contribution in [0.1, 0.15) is 17.7 Å². The third-order valence-corrected chi connectivity index (χ3v) is 2.98. The Morgan fingerprint density at radius 2 is 2.05 bits per heavy atom. The van der Waals surface area contributed by atoms with Crippen molar-refractivity contribution in [3.05, 3.63) is 47.5 Å². The minimum absolute atomic E-state index is 0.239. The molecule has 0 radical (unpaired) electrons. The first kappa shape index (κ1) is 13.7. The molecule has 0 bridgehead atoms. The lowest BCUT2D eigenvalue weighted by Crippen LogP contribution is -2.14. The second-order valence-corrected chi connectivity index (χ2v) is 4.40. The number of hydrogen-bond acceptors (Lipinski definition) is 2. The summed E-state index contributed by atoms with van der Waals surface area (Å²) < 4.78 is 31.1. The third kappa shape index (κ3) is 3.41. The fraction of sp³-hybridized carbons (Fsp3) is 0.333. The van der Waals surface area contributed by atoms with Crippen molar-refractivity contribution in [1.82, 2.24) is 5.32 Å². The van der Waals surface area contributed by atoms with Crippen LogP contribution < -0.4 is 5.32 Å². The molecule has 0 saturated carbocycles. The molecule has 0 aliphatic heterocycles. The van der Waals surface area contributed by atoms with E-state index in [0.29, 0.717) is 30.8 Å². The molecule has 0 atom stereocenters. The molecule has 0 amide bonds. The van der Waals surface area contributed by atoms with E-state index in [9.17, 15) is 8.78 Å². The SMILES string of the molecule is Cc1c(F)cccc1-c1ccc(CNCCCF)o1. The topological polar surface area (TPSA) is 25.2 Å². The zero-order chi connectivity index (χ0) is 13.7. The van der Waals surface area contributed by atoms with Crippen LogP contribution >= 0.6 is 0 Å². The van der Waals surface area contributed by atoms with Gasteiger partial charge in [0.15, 0.2) is 0 Å². The second kappa shape index (κ2) is 6.48. The lowest BCUT2D eigenvalue weighted by atomic mass is 10.1. The standard InChI is InChI=1S/C15H17F2NO/c1-11-13(4-2-5-14(11)17)15-7-6-12(19-15)10-18-9-3-8-16/h2,4-7,18H,3,8-10H2,1H3. The highest BCUT2D eigenvalue weighted by Crippen LogP contribution is 2.26. The number of furan rings is 1. The normalized spacial score (nSPS) is 10.9. The highest BCUT2D eigenvalue weighted by Gasteiger charge is 2.09. The number of rotatable bonds is 6. The van der Waals surface area contributed by atoms with Gasteiger partial charge in [0.1, 0.15) is 17.3 Å². The molecule has 0 saturated heterocycles. The molecule has 0 spiro atoms. The van der Waals surface area contributed by atoms with Gasteiger partial charge in [0.25, 0.3) is 0 Å². The predicted octanol–water partition coefficient (Wildman–Crippen LogP) is 3.84. The van der Waals surface area contributed by atoms with Gasteiger partial charge in [0, 0.05) is 5.56 Å². The molecule has 0 aliphatic carbocycles. The van der Waals surface area contributed by atoms with Crippen molar-refractivity contribution in [3.8, 4) is 11.3 Å². The van der Waals surface area contributed by atoms with Crippen LogP contribution in [0.25, 0.3) is 11.3 Å². The van der Waals surface area contributed by atoms with Crippen molar-refractivity contribution in [2.75, 3.05) is 13.2 Å². The van der Waals surface area contributed by atoms with Crippen LogP contribution in [0.3, 0.4) is 0 Å². The summed E-state index contributed by atoms with van der Waals surface area (Å²) in [6.45, 7) is 2.57. The van der Waals surface area contributed by atoms with Gasteiger partial charge in [0.05, 0.1) is 13.2 Å². The summed E-state index contributed by atoms with van der Waals surface area (Å²) in [6.07, 6.45) is 0.497. The molecule has 0 fully saturated rings. The van der Waals surface area contributed by atoms with Gasteiger partial charge in [-0.25, -0.2) is 4.39 Å². The average Bonchev–Trinajstić information content (AvgIpc) is 2.87. The van der Waals surface area contributed by atoms with E-state index in [1.807, 2.05) is 18.2 Å². The molecule has 4 heteroatoms. The Morgan fingerprint density at radius 1 is 1.21 bits per heavy atom. The second-order valence-electron chi connectivity index (χ2n) is 4.40. The fourth-order valence-electron chi connectivity index (χ4n) is 1.90. The van der Waals surface area contributed by atoms with Gasteiger partial charge in [-0.2, -0.15) is 0 Å². The molecule has 2 rings (SSSR count). The number of halogens is 2. The minimum Gasteiger partial charge on any atom is -0.460 e. The van der Waals surface area contributed by atoms with Gasteiger partial charge >= 0.3 is 0 Å². The van der Waals surface area contributed by atoms with Crippen LogP contribution in [-0.2, 0) is 6.54 Å². The summed E-state index contributed by atoms with van der Waals surface area (Å²) >= 11 is 0. The van der Waals surface area contributed by atoms with E-state index in [4.69, 9.17) is 4.42 Å². The molecule has 1 aromatic carbocycles. The van der Waals surface area contributed by atoms with Gasteiger partial charge in [-0.15, -0.1) is 0 Å². The zero-order valence-electron chi connectivity index (χ0n) is 10.9. The van der Waals surface area contributed by atoms with Crippen molar-refractivity contribution in [1.29, 1.82) is 0 Å². The molecule has 2 aromatic rings. The number of alkyl halides is 1. The Labute approximate surface area is 111 Å². The van der Waals surface area contributed by atoms with E-state index in [2.05, 4.69) is 5.32 Å². The van der Waals surface area contributed by atoms with Gasteiger partial charge in [-0.05, 0) is 43.7 Å². The fourth-order valence-corrected chi connectivity index (χ4v) is 1.90. The first-order valence-electron chi connectivity index (χ1n) is 6.33. The van der Waals surface area contributed by atoms with E-state index in [0.717, 1.165) is 11.3 Å². The van der Waals surface area contributed by atoms with Crippen LogP contribution in [-0.4, -0.2) is 13.2 Å². The number of nitrogens with one attached hydrogen (secondary N) is 1. The van der Waals surface area contributed by atoms with Crippen LogP contribution in [0, 0.1) is 12.7 Å². The van der Waals surface area contributed by atoms with Crippen LogP contribution in [0.4, 0.5) is 8.78 Å². The first-order valence-corrected chi connectivity index (χ1v) is 6.33. The molecule has 1 N–H and O–H groups in total. The summed E-state index contributed by atoms with van der Waals surface area (Å²) in [5, 5.41) is 3.09. The largest absolute Gasteiger partial charge is 0.460 e. The predicted molar refractivity (Wildman–Crippen MR) is 71.1 cm³/mol. The molecule has 0 aliphatic rings. The average molecular weight is 265 g/mol. The van der Waals surface area contributed by atoms with E-state index >= 15 is 0 Å². The van der Waals surface area contributed by atoms with Crippen molar-refractivity contribution in [3.63, 3.8) is 0 Å². The Kier molecular flexibility index (Phi) is 4.68. The first-order chi connectivity index (χ1) is 9.22. The quantitative estimate of drug-likeness (QED) is 0.803. The summed E-state index contributed by atoms with van der Waals surface area (Å²) in [5.41, 5.74) is 1.34. The Morgan fingerprint density at radius 3 is 2.84 bits per heavy atom. The maximum atomic E-state index is 13.5. The van der Waals surface area contributed by atoms with Crippen molar-refractivity contribution in [2.24, 2.45) is 0 Å². The lowest BCUT2D eigenvalue weighted by molar-refractivity contribution is 0.444. The van der Waals surface area contributed by atoms with Gasteiger partial charge < -0.3 is 9.73 Å². The molecule has 1 aromatic heterocycles. The van der Waals surface area contributed by atoms with E-state index in [-0.39, 0.29) is 12.5 Å². The lowest BCUT2D eigenvalue weighted by Gasteiger charge is -2.04. The maximum Gasteiger partial charge on any atom is 0.134 e. The van der Waals surface area contributed by atoms with Crippen LogP contribution in [0.15, 0.2) is 34.7 Å². The van der Waals surface area contributed by atoms with Crippen molar-refractivity contribution in [2.45, 2.75) is 19.9 Å². The van der Waals surface area contributed by atoms with Crippen molar-refractivity contribution >= 4 is 0 Å². The number of hydrogen-bond donors (Lipinski definition) is 1. The molecule has 19 heavy (non-hydrogen) atoms. The smallest absolute Gasteiger partial charge is 0.134 e. The Balaban J connectivity index is 2.06. The molecular weight excluding hydrogens is 248 g/mol. The van der Waals surface area contributed by atoms with Crippen LogP contribution in [0.5, 0.6) is 0 Å². The van der Waals surface area contributed by atoms with Gasteiger partial charge in [-0.1, -0.05) is 12.1 Å². The van der Waals surface area contributed by atoms with Gasteiger partial charge in [-0.3, -0.25) is 4.39 Å². The Hall–Kier alpha value is -1.68. The summed E-state index contributed by atoms with van der Waals surface area (Å²) in [5.74, 6) is 1.17. The summed E-state index contributed by atoms with van der Waals surface area (Å²) in [6, 6.07) is 8.61. The summed E-state index contributed by atoms with van der Waals surface area (Å²) in [4.78, 5) is 0. The molecule has 0 unspecified atom stereocenters. The molecular formula is C15H17F2NO. The third-order valence-electron chi connectivity index (χ3n) is 2.98. The zero-order valence-corrected chi connectivity index (χ0v) is 10.9. The monoisotopic (exact) mass is 265 g/mol. The van der Waals surface area contributed by atoms with E-state index in [1.54, 1.807) is 13.0 Å². The maximum absolute atomic E-state index is 13.5. The summed E-state index contributed by atoms with van der Waals surface area (Å²) in [7, 11) is 0. The number of benzene rings is 1. The van der Waals surface area contributed by atoms with E-state index in [1.165, 1.54) is 6.07 Å². The molecule has 2 nitrogen and oxygen atoms in total. The Bertz CT molecular complexity index is 537. The van der Waals surface area contributed by atoms with Crippen molar-refractivity contribution < 1.29 is 13.2 Å². The molecule has 1 heterocycles. The van der Waals surface area contributed by atoms with Gasteiger partial charge in [0.2, 0.25) is 0 Å². The van der Waals surface area contributed by atoms with E-state index < -0.39 is 0 Å². The minimum atomic E-state index is -0.321. The highest BCUT2D eigenvalue weighted by atomic mass is 19.1. The van der Waals surface area contributed by atoms with Crippen LogP contribution in [0.2, 0.25) is 0 Å². The molecule has 102 valence electrons.